The highest BCUT2D eigenvalue weighted by molar-refractivity contribution is 6.01. The molecule has 14 heteroatoms. The highest BCUT2D eigenvalue weighted by Crippen LogP contribution is 2.38. The number of halogens is 1. The molecule has 0 unspecified atom stereocenters. The molecule has 3 amide bonds. The number of nitrogens with zero attached hydrogens (tertiary/aromatic N) is 7. The van der Waals surface area contributed by atoms with Crippen LogP contribution in [0.1, 0.15) is 41.4 Å². The first-order chi connectivity index (χ1) is 24.2. The number of rotatable bonds is 10. The van der Waals surface area contributed by atoms with Gasteiger partial charge in [0.25, 0.3) is 5.91 Å². The van der Waals surface area contributed by atoms with Gasteiger partial charge in [0, 0.05) is 43.2 Å². The van der Waals surface area contributed by atoms with Gasteiger partial charge in [-0.25, -0.2) is 28.9 Å². The van der Waals surface area contributed by atoms with Crippen LogP contribution in [0, 0.1) is 5.92 Å². The molecule has 5 aromatic rings. The topological polar surface area (TPSA) is 148 Å². The molecular formula is C36H37FN8O5. The number of carbonyl (C=O) groups is 3. The van der Waals surface area contributed by atoms with Crippen molar-refractivity contribution in [1.29, 1.82) is 0 Å². The minimum Gasteiger partial charge on any atom is -0.465 e. The average Bonchev–Trinajstić information content (AvgIpc) is 3.60. The maximum atomic E-state index is 13.5. The van der Waals surface area contributed by atoms with Crippen molar-refractivity contribution in [1.82, 2.24) is 34.3 Å². The Kier molecular flexibility index (Phi) is 7.88. The van der Waals surface area contributed by atoms with Crippen LogP contribution in [0.2, 0.25) is 0 Å². The van der Waals surface area contributed by atoms with E-state index in [1.807, 2.05) is 38.2 Å². The lowest BCUT2D eigenvalue weighted by Crippen LogP contribution is -2.48. The van der Waals surface area contributed by atoms with Gasteiger partial charge in [-0.2, -0.15) is 0 Å². The lowest BCUT2D eigenvalue weighted by molar-refractivity contribution is 0.0714. The third-order valence-electron chi connectivity index (χ3n) is 9.95. The minimum atomic E-state index is -1.32. The Balaban J connectivity index is 1.16. The van der Waals surface area contributed by atoms with Crippen molar-refractivity contribution in [3.8, 4) is 22.8 Å². The summed E-state index contributed by atoms with van der Waals surface area (Å²) in [7, 11) is 1.98. The summed E-state index contributed by atoms with van der Waals surface area (Å²) in [5.41, 5.74) is 7.29. The summed E-state index contributed by atoms with van der Waals surface area (Å²) in [6.45, 7) is 3.08. The van der Waals surface area contributed by atoms with E-state index >= 15 is 0 Å². The molecule has 1 saturated carbocycles. The van der Waals surface area contributed by atoms with E-state index in [0.29, 0.717) is 55.4 Å². The molecular weight excluding hydrogens is 643 g/mol. The lowest BCUT2D eigenvalue weighted by Gasteiger charge is -2.31. The van der Waals surface area contributed by atoms with Crippen LogP contribution in [0.25, 0.3) is 44.8 Å². The van der Waals surface area contributed by atoms with E-state index in [0.717, 1.165) is 70.0 Å². The number of carbonyl (C=O) groups excluding carboxylic acids is 2. The Bertz CT molecular complexity index is 2190. The van der Waals surface area contributed by atoms with Crippen LogP contribution in [0.15, 0.2) is 42.5 Å². The number of amides is 3. The summed E-state index contributed by atoms with van der Waals surface area (Å²) in [5, 5.41) is 12.2. The Morgan fingerprint density at radius 3 is 2.64 bits per heavy atom. The van der Waals surface area contributed by atoms with Crippen LogP contribution in [0.3, 0.4) is 0 Å². The van der Waals surface area contributed by atoms with E-state index in [1.54, 1.807) is 11.0 Å². The zero-order valence-electron chi connectivity index (χ0n) is 27.9. The molecule has 0 spiro atoms. The van der Waals surface area contributed by atoms with Gasteiger partial charge in [0.2, 0.25) is 0 Å². The second-order valence-electron chi connectivity index (χ2n) is 13.3. The van der Waals surface area contributed by atoms with Crippen molar-refractivity contribution in [3.63, 3.8) is 0 Å². The molecule has 6 heterocycles. The monoisotopic (exact) mass is 680 g/mol. The second kappa shape index (κ2) is 12.4. The summed E-state index contributed by atoms with van der Waals surface area (Å²) >= 11 is 0. The molecule has 8 rings (SSSR count). The molecule has 0 radical (unpaired) electrons. The SMILES string of the molecule is CCc1nc(N2CCOC2=O)ccc1-c1ccc2cc(-c3nc4cc5c(cc4n3C)CCN(C[C@@H](CF)NC(=O)O)C5=O)n(CC3CC3)c2n1. The fourth-order valence-corrected chi connectivity index (χ4v) is 7.14. The Labute approximate surface area is 286 Å². The average molecular weight is 681 g/mol. The van der Waals surface area contributed by atoms with Crippen molar-refractivity contribution in [2.45, 2.75) is 45.2 Å². The zero-order chi connectivity index (χ0) is 34.7. The van der Waals surface area contributed by atoms with Crippen molar-refractivity contribution < 1.29 is 28.6 Å². The first kappa shape index (κ1) is 31.7. The molecule has 3 aliphatic rings. The van der Waals surface area contributed by atoms with E-state index in [4.69, 9.17) is 24.8 Å². The highest BCUT2D eigenvalue weighted by Gasteiger charge is 2.30. The standard InChI is InChI=1S/C36H37FN8O5/c1-3-26-24(7-9-31(39-26)44-12-13-50-36(44)49)27-8-6-22-15-30(45(32(22)40-27)18-20-4-5-20)33-41-28-16-25-21(14-29(28)42(33)2)10-11-43(34(25)46)19-23(17-37)38-35(47)48/h6-9,14-16,20,23,38H,3-5,10-13,17-19H2,1-2H3,(H,47,48)/t23-/m1/s1. The number of alkyl halides is 1. The number of aryl methyl sites for hydroxylation is 2. The number of fused-ring (bicyclic) bond motifs is 3. The second-order valence-corrected chi connectivity index (χ2v) is 13.3. The Hall–Kier alpha value is -5.53. The molecule has 1 aromatic carbocycles. The van der Waals surface area contributed by atoms with Gasteiger partial charge < -0.3 is 29.2 Å². The van der Waals surface area contributed by atoms with Crippen molar-refractivity contribution in [3.05, 3.63) is 59.3 Å². The predicted octanol–water partition coefficient (Wildman–Crippen LogP) is 5.19. The zero-order valence-corrected chi connectivity index (χ0v) is 27.9. The smallest absolute Gasteiger partial charge is 0.415 e. The fourth-order valence-electron chi connectivity index (χ4n) is 7.14. The number of cyclic esters (lactones) is 1. The summed E-state index contributed by atoms with van der Waals surface area (Å²) in [6, 6.07) is 12.8. The van der Waals surface area contributed by atoms with Gasteiger partial charge >= 0.3 is 12.2 Å². The van der Waals surface area contributed by atoms with Gasteiger partial charge in [-0.1, -0.05) is 6.92 Å². The number of hydrogen-bond acceptors (Lipinski definition) is 7. The van der Waals surface area contributed by atoms with E-state index in [1.165, 1.54) is 4.90 Å². The van der Waals surface area contributed by atoms with Gasteiger partial charge in [0.15, 0.2) is 5.82 Å². The van der Waals surface area contributed by atoms with E-state index in [2.05, 4.69) is 26.6 Å². The molecule has 50 heavy (non-hydrogen) atoms. The molecule has 1 saturated heterocycles. The van der Waals surface area contributed by atoms with Crippen LogP contribution >= 0.6 is 0 Å². The van der Waals surface area contributed by atoms with Gasteiger partial charge in [-0.05, 0) is 79.6 Å². The number of benzene rings is 1. The number of pyridine rings is 2. The summed E-state index contributed by atoms with van der Waals surface area (Å²) in [6.07, 6.45) is 1.83. The van der Waals surface area contributed by atoms with E-state index in [-0.39, 0.29) is 18.5 Å². The van der Waals surface area contributed by atoms with Crippen molar-refractivity contribution in [2.75, 3.05) is 37.8 Å². The molecule has 1 atom stereocenters. The van der Waals surface area contributed by atoms with E-state index < -0.39 is 18.8 Å². The first-order valence-electron chi connectivity index (χ1n) is 17.0. The maximum absolute atomic E-state index is 13.5. The molecule has 2 fully saturated rings. The van der Waals surface area contributed by atoms with Crippen LogP contribution in [0.5, 0.6) is 0 Å². The fraction of sp³-hybridized carbons (Fsp3) is 0.389. The summed E-state index contributed by atoms with van der Waals surface area (Å²) in [5.74, 6) is 1.62. The molecule has 258 valence electrons. The van der Waals surface area contributed by atoms with Gasteiger partial charge in [0.1, 0.15) is 24.7 Å². The molecule has 4 aromatic heterocycles. The Morgan fingerprint density at radius 2 is 1.92 bits per heavy atom. The number of anilines is 1. The lowest BCUT2D eigenvalue weighted by atomic mass is 9.97. The third kappa shape index (κ3) is 5.57. The highest BCUT2D eigenvalue weighted by atomic mass is 19.1. The third-order valence-corrected chi connectivity index (χ3v) is 9.95. The van der Waals surface area contributed by atoms with Gasteiger partial charge in [0.05, 0.1) is 40.7 Å². The van der Waals surface area contributed by atoms with Gasteiger partial charge in [-0.3, -0.25) is 9.69 Å². The van der Waals surface area contributed by atoms with Crippen molar-refractivity contribution in [2.24, 2.45) is 13.0 Å². The predicted molar refractivity (Wildman–Crippen MR) is 184 cm³/mol. The number of ether oxygens (including phenoxy) is 1. The van der Waals surface area contributed by atoms with Crippen molar-refractivity contribution >= 4 is 46.0 Å². The molecule has 2 N–H and O–H groups in total. The van der Waals surface area contributed by atoms with Crippen LogP contribution < -0.4 is 10.2 Å². The van der Waals surface area contributed by atoms with E-state index in [9.17, 15) is 18.8 Å². The first-order valence-corrected chi connectivity index (χ1v) is 17.0. The normalized spacial score (nSPS) is 16.7. The summed E-state index contributed by atoms with van der Waals surface area (Å²) in [4.78, 5) is 54.9. The summed E-state index contributed by atoms with van der Waals surface area (Å²) < 4.78 is 23.0. The quantitative estimate of drug-likeness (QED) is 0.205. The maximum Gasteiger partial charge on any atom is 0.415 e. The van der Waals surface area contributed by atoms with Crippen LogP contribution in [-0.2, 0) is 31.2 Å². The molecule has 2 aliphatic heterocycles. The molecule has 13 nitrogen and oxygen atoms in total. The largest absolute Gasteiger partial charge is 0.465 e. The number of aromatic nitrogens is 5. The number of nitrogens with one attached hydrogen (secondary N) is 1. The molecule has 0 bridgehead atoms. The number of carboxylic acid groups (broad SMARTS) is 1. The number of hydrogen-bond donors (Lipinski definition) is 2. The van der Waals surface area contributed by atoms with Crippen LogP contribution in [-0.4, -0.2) is 91.1 Å². The minimum absolute atomic E-state index is 0.0458. The van der Waals surface area contributed by atoms with Gasteiger partial charge in [-0.15, -0.1) is 0 Å². The van der Waals surface area contributed by atoms with Crippen LogP contribution in [0.4, 0.5) is 19.8 Å². The Morgan fingerprint density at radius 1 is 1.08 bits per heavy atom. The number of imidazole rings is 1. The molecule has 1 aliphatic carbocycles.